The second-order valence-electron chi connectivity index (χ2n) is 11.4. The molecule has 2 rings (SSSR count). The van der Waals surface area contributed by atoms with E-state index in [2.05, 4.69) is 93.5 Å². The fourth-order valence-electron chi connectivity index (χ4n) is 4.58. The van der Waals surface area contributed by atoms with Crippen molar-refractivity contribution in [1.29, 1.82) is 0 Å². The van der Waals surface area contributed by atoms with Gasteiger partial charge in [-0.2, -0.15) is 0 Å². The van der Waals surface area contributed by atoms with Crippen LogP contribution in [-0.4, -0.2) is 36.6 Å². The van der Waals surface area contributed by atoms with E-state index in [1.807, 2.05) is 0 Å². The van der Waals surface area contributed by atoms with Crippen molar-refractivity contribution in [2.45, 2.75) is 98.3 Å². The smallest absolute Gasteiger partial charge is 0.126 e. The third-order valence-electron chi connectivity index (χ3n) is 6.90. The van der Waals surface area contributed by atoms with Crippen LogP contribution in [0.25, 0.3) is 0 Å². The lowest BCUT2D eigenvalue weighted by Crippen LogP contribution is -2.22. The summed E-state index contributed by atoms with van der Waals surface area (Å²) in [5.41, 5.74) is 7.01. The number of aliphatic hydroxyl groups is 2. The number of hydrogen-bond acceptors (Lipinski definition) is 4. The average molecular weight is 485 g/mol. The molecule has 0 radical (unpaired) electrons. The molecule has 0 saturated heterocycles. The first-order valence-corrected chi connectivity index (χ1v) is 13.2. The van der Waals surface area contributed by atoms with E-state index >= 15 is 0 Å². The highest BCUT2D eigenvalue weighted by Crippen LogP contribution is 2.44. The van der Waals surface area contributed by atoms with Gasteiger partial charge in [0.25, 0.3) is 0 Å². The molecule has 4 heteroatoms. The van der Waals surface area contributed by atoms with Gasteiger partial charge in [-0.05, 0) is 57.1 Å². The molecule has 0 heterocycles. The molecule has 0 unspecified atom stereocenters. The standard InChI is InChI=1S/C31H48O4/c1-19(2)25-15-23(16-26(20(3)4)29(25)34-13-11-32)31(9,10)24-17-27(21(5)6)30(35-14-12-33)28(18-24)22(7)8/h15-22,32-33H,11-14H2,1-10H3. The molecule has 0 aliphatic heterocycles. The number of benzene rings is 2. The Bertz CT molecular complexity index is 834. The molecule has 0 fully saturated rings. The van der Waals surface area contributed by atoms with E-state index < -0.39 is 0 Å². The summed E-state index contributed by atoms with van der Waals surface area (Å²) >= 11 is 0. The van der Waals surface area contributed by atoms with Crippen molar-refractivity contribution in [1.82, 2.24) is 0 Å². The summed E-state index contributed by atoms with van der Waals surface area (Å²) in [6.07, 6.45) is 0. The van der Waals surface area contributed by atoms with Gasteiger partial charge in [0.15, 0.2) is 0 Å². The van der Waals surface area contributed by atoms with Crippen molar-refractivity contribution in [3.63, 3.8) is 0 Å². The van der Waals surface area contributed by atoms with Crippen LogP contribution in [-0.2, 0) is 5.41 Å². The second-order valence-corrected chi connectivity index (χ2v) is 11.4. The van der Waals surface area contributed by atoms with Gasteiger partial charge >= 0.3 is 0 Å². The van der Waals surface area contributed by atoms with Gasteiger partial charge in [-0.25, -0.2) is 0 Å². The first-order valence-electron chi connectivity index (χ1n) is 13.2. The quantitative estimate of drug-likeness (QED) is 0.333. The lowest BCUT2D eigenvalue weighted by Gasteiger charge is -2.32. The molecule has 0 atom stereocenters. The van der Waals surface area contributed by atoms with E-state index in [0.717, 1.165) is 11.5 Å². The van der Waals surface area contributed by atoms with Crippen LogP contribution >= 0.6 is 0 Å². The SMILES string of the molecule is CC(C)c1cc(C(C)(C)c2cc(C(C)C)c(OCCO)c(C(C)C)c2)cc(C(C)C)c1OCCO. The van der Waals surface area contributed by atoms with Gasteiger partial charge < -0.3 is 19.7 Å². The van der Waals surface area contributed by atoms with E-state index in [4.69, 9.17) is 9.47 Å². The minimum absolute atomic E-state index is 0.00295. The van der Waals surface area contributed by atoms with Crippen LogP contribution < -0.4 is 9.47 Å². The molecule has 0 aliphatic rings. The predicted octanol–water partition coefficient (Wildman–Crippen LogP) is 7.25. The zero-order valence-electron chi connectivity index (χ0n) is 23.7. The molecular weight excluding hydrogens is 436 g/mol. The van der Waals surface area contributed by atoms with Crippen molar-refractivity contribution >= 4 is 0 Å². The zero-order valence-corrected chi connectivity index (χ0v) is 23.7. The Morgan fingerprint density at radius 2 is 0.829 bits per heavy atom. The molecule has 35 heavy (non-hydrogen) atoms. The largest absolute Gasteiger partial charge is 0.491 e. The van der Waals surface area contributed by atoms with Gasteiger partial charge in [0, 0.05) is 5.41 Å². The number of rotatable bonds is 12. The lowest BCUT2D eigenvalue weighted by atomic mass is 9.73. The zero-order chi connectivity index (χ0) is 26.5. The molecule has 0 aliphatic carbocycles. The van der Waals surface area contributed by atoms with Gasteiger partial charge in [-0.15, -0.1) is 0 Å². The van der Waals surface area contributed by atoms with Crippen LogP contribution in [0.3, 0.4) is 0 Å². The first kappa shape index (κ1) is 29.2. The first-order chi connectivity index (χ1) is 16.4. The van der Waals surface area contributed by atoms with E-state index in [9.17, 15) is 10.2 Å². The molecule has 0 saturated carbocycles. The molecule has 196 valence electrons. The average Bonchev–Trinajstić information content (AvgIpc) is 2.79. The summed E-state index contributed by atoms with van der Waals surface area (Å²) in [6.45, 7) is 22.8. The monoisotopic (exact) mass is 484 g/mol. The van der Waals surface area contributed by atoms with Crippen LogP contribution in [0.2, 0.25) is 0 Å². The fourth-order valence-corrected chi connectivity index (χ4v) is 4.58. The summed E-state index contributed by atoms with van der Waals surface area (Å²) in [4.78, 5) is 0. The van der Waals surface area contributed by atoms with Crippen molar-refractivity contribution < 1.29 is 19.7 Å². The van der Waals surface area contributed by atoms with Crippen molar-refractivity contribution in [2.75, 3.05) is 26.4 Å². The maximum atomic E-state index is 9.39. The molecule has 0 aromatic heterocycles. The van der Waals surface area contributed by atoms with E-state index in [-0.39, 0.29) is 18.6 Å². The van der Waals surface area contributed by atoms with Crippen molar-refractivity contribution in [2.24, 2.45) is 0 Å². The molecular formula is C31H48O4. The highest BCUT2D eigenvalue weighted by Gasteiger charge is 2.30. The van der Waals surface area contributed by atoms with Crippen molar-refractivity contribution in [3.05, 3.63) is 57.6 Å². The highest BCUT2D eigenvalue weighted by atomic mass is 16.5. The summed E-state index contributed by atoms with van der Waals surface area (Å²) < 4.78 is 12.2. The van der Waals surface area contributed by atoms with Crippen LogP contribution in [0.15, 0.2) is 24.3 Å². The molecule has 2 aromatic carbocycles. The summed E-state index contributed by atoms with van der Waals surface area (Å²) in [6, 6.07) is 9.18. The van der Waals surface area contributed by atoms with Gasteiger partial charge in [0.2, 0.25) is 0 Å². The number of aliphatic hydroxyl groups excluding tert-OH is 2. The predicted molar refractivity (Wildman–Crippen MR) is 147 cm³/mol. The van der Waals surface area contributed by atoms with Crippen molar-refractivity contribution in [3.8, 4) is 11.5 Å². The Hall–Kier alpha value is -2.04. The number of hydrogen-bond donors (Lipinski definition) is 2. The van der Waals surface area contributed by atoms with Gasteiger partial charge in [-0.3, -0.25) is 0 Å². The van der Waals surface area contributed by atoms with Gasteiger partial charge in [0.05, 0.1) is 13.2 Å². The van der Waals surface area contributed by atoms with E-state index in [1.54, 1.807) is 0 Å². The molecule has 2 N–H and O–H groups in total. The summed E-state index contributed by atoms with van der Waals surface area (Å²) in [7, 11) is 0. The highest BCUT2D eigenvalue weighted by molar-refractivity contribution is 5.55. The van der Waals surface area contributed by atoms with Crippen LogP contribution in [0.5, 0.6) is 11.5 Å². The third-order valence-corrected chi connectivity index (χ3v) is 6.90. The van der Waals surface area contributed by atoms with Gasteiger partial charge in [0.1, 0.15) is 24.7 Å². The van der Waals surface area contributed by atoms with E-state index in [0.29, 0.717) is 36.9 Å². The van der Waals surface area contributed by atoms with E-state index in [1.165, 1.54) is 33.4 Å². The minimum atomic E-state index is -0.244. The maximum Gasteiger partial charge on any atom is 0.126 e. The van der Waals surface area contributed by atoms with Crippen LogP contribution in [0.4, 0.5) is 0 Å². The lowest BCUT2D eigenvalue weighted by molar-refractivity contribution is 0.198. The summed E-state index contributed by atoms with van der Waals surface area (Å²) in [5, 5.41) is 18.8. The molecule has 4 nitrogen and oxygen atoms in total. The molecule has 0 spiro atoms. The van der Waals surface area contributed by atoms with Crippen LogP contribution in [0.1, 0.15) is 126 Å². The fraction of sp³-hybridized carbons (Fsp3) is 0.613. The summed E-state index contributed by atoms with van der Waals surface area (Å²) in [5.74, 6) is 3.02. The molecule has 2 aromatic rings. The van der Waals surface area contributed by atoms with Gasteiger partial charge in [-0.1, -0.05) is 93.5 Å². The number of ether oxygens (including phenoxy) is 2. The van der Waals surface area contributed by atoms with Crippen LogP contribution in [0, 0.1) is 0 Å². The Morgan fingerprint density at radius 3 is 1.03 bits per heavy atom. The Kier molecular flexibility index (Phi) is 10.2. The minimum Gasteiger partial charge on any atom is -0.491 e. The Labute approximate surface area is 213 Å². The second kappa shape index (κ2) is 12.3. The topological polar surface area (TPSA) is 58.9 Å². The maximum absolute atomic E-state index is 9.39. The Morgan fingerprint density at radius 1 is 0.571 bits per heavy atom. The normalized spacial score (nSPS) is 12.3. The Balaban J connectivity index is 2.79. The third kappa shape index (κ3) is 6.59. The molecule has 0 amide bonds. The molecule has 0 bridgehead atoms.